The fourth-order valence-electron chi connectivity index (χ4n) is 1.73. The summed E-state index contributed by atoms with van der Waals surface area (Å²) in [5.74, 6) is -0.298. The Morgan fingerprint density at radius 2 is 2.12 bits per heavy atom. The summed E-state index contributed by atoms with van der Waals surface area (Å²) in [5, 5.41) is 13.8. The highest BCUT2D eigenvalue weighted by atomic mass is 35.5. The van der Waals surface area contributed by atoms with Crippen molar-refractivity contribution < 1.29 is 9.50 Å². The second-order valence-corrected chi connectivity index (χ2v) is 4.21. The van der Waals surface area contributed by atoms with Gasteiger partial charge in [0.1, 0.15) is 11.0 Å². The van der Waals surface area contributed by atoms with Crippen LogP contribution in [0, 0.1) is 19.7 Å². The average Bonchev–Trinajstić information content (AvgIpc) is 2.54. The third kappa shape index (κ3) is 2.06. The first-order valence-electron chi connectivity index (χ1n) is 5.16. The van der Waals surface area contributed by atoms with Crippen molar-refractivity contribution in [2.24, 2.45) is 0 Å². The third-order valence-corrected chi connectivity index (χ3v) is 3.06. The number of aliphatic hydroxyl groups excluding tert-OH is 1. The van der Waals surface area contributed by atoms with Gasteiger partial charge in [0.05, 0.1) is 18.0 Å². The van der Waals surface area contributed by atoms with Gasteiger partial charge in [-0.1, -0.05) is 11.6 Å². The second-order valence-electron chi connectivity index (χ2n) is 3.86. The molecule has 90 valence electrons. The Labute approximate surface area is 103 Å². The summed E-state index contributed by atoms with van der Waals surface area (Å²) in [6.07, 6.45) is 0. The first-order chi connectivity index (χ1) is 8.04. The van der Waals surface area contributed by atoms with Crippen LogP contribution in [0.25, 0.3) is 5.69 Å². The molecule has 0 unspecified atom stereocenters. The summed E-state index contributed by atoms with van der Waals surface area (Å²) in [7, 11) is 0. The van der Waals surface area contributed by atoms with Gasteiger partial charge in [0.15, 0.2) is 0 Å². The summed E-state index contributed by atoms with van der Waals surface area (Å²) >= 11 is 6.12. The van der Waals surface area contributed by atoms with Crippen LogP contribution in [-0.4, -0.2) is 14.9 Å². The van der Waals surface area contributed by atoms with Crippen molar-refractivity contribution in [3.05, 3.63) is 46.0 Å². The Balaban J connectivity index is 2.61. The van der Waals surface area contributed by atoms with E-state index in [0.29, 0.717) is 22.1 Å². The number of aromatic nitrogens is 2. The molecule has 5 heteroatoms. The molecule has 0 saturated carbocycles. The van der Waals surface area contributed by atoms with E-state index in [1.54, 1.807) is 19.9 Å². The molecule has 1 N–H and O–H groups in total. The lowest BCUT2D eigenvalue weighted by molar-refractivity contribution is 0.281. The van der Waals surface area contributed by atoms with Gasteiger partial charge in [-0.25, -0.2) is 9.07 Å². The molecule has 1 heterocycles. The maximum Gasteiger partial charge on any atom is 0.138 e. The number of nitrogens with zero attached hydrogens (tertiary/aromatic N) is 2. The van der Waals surface area contributed by atoms with Crippen LogP contribution in [0.5, 0.6) is 0 Å². The predicted octanol–water partition coefficient (Wildman–Crippen LogP) is 2.77. The minimum atomic E-state index is -0.298. The van der Waals surface area contributed by atoms with Crippen LogP contribution >= 0.6 is 11.6 Å². The molecule has 0 spiro atoms. The van der Waals surface area contributed by atoms with E-state index in [0.717, 1.165) is 5.56 Å². The van der Waals surface area contributed by atoms with Crippen LogP contribution in [0.1, 0.15) is 16.8 Å². The van der Waals surface area contributed by atoms with E-state index < -0.39 is 0 Å². The molecular formula is C12H12ClFN2O. The molecule has 0 bridgehead atoms. The molecular weight excluding hydrogens is 243 g/mol. The van der Waals surface area contributed by atoms with E-state index in [1.807, 2.05) is 0 Å². The maximum absolute atomic E-state index is 13.0. The Morgan fingerprint density at radius 1 is 1.41 bits per heavy atom. The van der Waals surface area contributed by atoms with Gasteiger partial charge in [-0.2, -0.15) is 5.10 Å². The molecule has 0 amide bonds. The van der Waals surface area contributed by atoms with E-state index in [4.69, 9.17) is 11.6 Å². The number of rotatable bonds is 2. The third-order valence-electron chi connectivity index (χ3n) is 2.67. The quantitative estimate of drug-likeness (QED) is 0.895. The number of aliphatic hydroxyl groups is 1. The van der Waals surface area contributed by atoms with E-state index in [9.17, 15) is 9.50 Å². The van der Waals surface area contributed by atoms with Gasteiger partial charge in [0.25, 0.3) is 0 Å². The monoisotopic (exact) mass is 254 g/mol. The van der Waals surface area contributed by atoms with Crippen molar-refractivity contribution in [3.63, 3.8) is 0 Å². The smallest absolute Gasteiger partial charge is 0.138 e. The first kappa shape index (κ1) is 12.1. The molecule has 17 heavy (non-hydrogen) atoms. The summed E-state index contributed by atoms with van der Waals surface area (Å²) in [5.41, 5.74) is 2.70. The van der Waals surface area contributed by atoms with Crippen molar-refractivity contribution in [1.29, 1.82) is 0 Å². The second kappa shape index (κ2) is 4.47. The molecule has 1 aromatic heterocycles. The lowest BCUT2D eigenvalue weighted by atomic mass is 10.2. The highest BCUT2D eigenvalue weighted by Crippen LogP contribution is 2.25. The fraction of sp³-hybridized carbons (Fsp3) is 0.250. The highest BCUT2D eigenvalue weighted by Gasteiger charge is 2.15. The van der Waals surface area contributed by atoms with Gasteiger partial charge in [-0.15, -0.1) is 0 Å². The Bertz CT molecular complexity index is 566. The number of aryl methyl sites for hydroxylation is 2. The minimum absolute atomic E-state index is 0.162. The minimum Gasteiger partial charge on any atom is -0.391 e. The topological polar surface area (TPSA) is 38.0 Å². The molecule has 0 radical (unpaired) electrons. The molecule has 0 aliphatic rings. The van der Waals surface area contributed by atoms with Gasteiger partial charge in [0.2, 0.25) is 0 Å². The van der Waals surface area contributed by atoms with Crippen molar-refractivity contribution in [1.82, 2.24) is 9.78 Å². The van der Waals surface area contributed by atoms with Crippen LogP contribution < -0.4 is 0 Å². The van der Waals surface area contributed by atoms with Crippen molar-refractivity contribution in [2.75, 3.05) is 0 Å². The predicted molar refractivity (Wildman–Crippen MR) is 63.9 cm³/mol. The molecule has 0 aliphatic heterocycles. The van der Waals surface area contributed by atoms with Crippen LogP contribution in [0.4, 0.5) is 4.39 Å². The van der Waals surface area contributed by atoms with Gasteiger partial charge >= 0.3 is 0 Å². The zero-order chi connectivity index (χ0) is 12.6. The van der Waals surface area contributed by atoms with Gasteiger partial charge in [-0.3, -0.25) is 0 Å². The standard InChI is InChI=1S/C12H12ClFN2O/c1-7-5-9(14)3-4-11(7)16-12(13)10(6-17)8(2)15-16/h3-5,17H,6H2,1-2H3. The van der Waals surface area contributed by atoms with Gasteiger partial charge in [-0.05, 0) is 37.6 Å². The summed E-state index contributed by atoms with van der Waals surface area (Å²) in [4.78, 5) is 0. The first-order valence-corrected chi connectivity index (χ1v) is 5.53. The Hall–Kier alpha value is -1.39. The van der Waals surface area contributed by atoms with E-state index in [-0.39, 0.29) is 12.4 Å². The van der Waals surface area contributed by atoms with Crippen molar-refractivity contribution in [3.8, 4) is 5.69 Å². The Morgan fingerprint density at radius 3 is 2.65 bits per heavy atom. The molecule has 0 aliphatic carbocycles. The maximum atomic E-state index is 13.0. The van der Waals surface area contributed by atoms with Crippen LogP contribution in [0.2, 0.25) is 5.15 Å². The molecule has 2 aromatic rings. The van der Waals surface area contributed by atoms with Gasteiger partial charge in [0, 0.05) is 5.56 Å². The van der Waals surface area contributed by atoms with Crippen LogP contribution in [0.15, 0.2) is 18.2 Å². The summed E-state index contributed by atoms with van der Waals surface area (Å²) < 4.78 is 14.5. The highest BCUT2D eigenvalue weighted by molar-refractivity contribution is 6.30. The summed E-state index contributed by atoms with van der Waals surface area (Å²) in [6, 6.07) is 4.39. The van der Waals surface area contributed by atoms with E-state index in [1.165, 1.54) is 16.8 Å². The molecule has 1 aromatic carbocycles. The number of hydrogen-bond acceptors (Lipinski definition) is 2. The Kier molecular flexibility index (Phi) is 3.17. The molecule has 0 atom stereocenters. The molecule has 0 fully saturated rings. The lowest BCUT2D eigenvalue weighted by Crippen LogP contribution is -2.00. The zero-order valence-corrected chi connectivity index (χ0v) is 10.3. The molecule has 3 nitrogen and oxygen atoms in total. The molecule has 0 saturated heterocycles. The van der Waals surface area contributed by atoms with E-state index >= 15 is 0 Å². The van der Waals surface area contributed by atoms with Crippen LogP contribution in [-0.2, 0) is 6.61 Å². The fourth-order valence-corrected chi connectivity index (χ4v) is 2.05. The largest absolute Gasteiger partial charge is 0.391 e. The van der Waals surface area contributed by atoms with Crippen molar-refractivity contribution >= 4 is 11.6 Å². The number of hydrogen-bond donors (Lipinski definition) is 1. The SMILES string of the molecule is Cc1cc(F)ccc1-n1nc(C)c(CO)c1Cl. The zero-order valence-electron chi connectivity index (χ0n) is 9.54. The van der Waals surface area contributed by atoms with Crippen molar-refractivity contribution in [2.45, 2.75) is 20.5 Å². The van der Waals surface area contributed by atoms with Gasteiger partial charge < -0.3 is 5.11 Å². The van der Waals surface area contributed by atoms with E-state index in [2.05, 4.69) is 5.10 Å². The average molecular weight is 255 g/mol. The summed E-state index contributed by atoms with van der Waals surface area (Å²) in [6.45, 7) is 3.39. The normalized spacial score (nSPS) is 10.9. The van der Waals surface area contributed by atoms with Crippen LogP contribution in [0.3, 0.4) is 0 Å². The lowest BCUT2D eigenvalue weighted by Gasteiger charge is -2.07. The number of benzene rings is 1. The number of halogens is 2. The molecule has 2 rings (SSSR count).